The predicted molar refractivity (Wildman–Crippen MR) is 96.4 cm³/mol. The lowest BCUT2D eigenvalue weighted by atomic mass is 9.91. The molecule has 1 aromatic rings. The van der Waals surface area contributed by atoms with Crippen molar-refractivity contribution in [3.05, 3.63) is 42.0 Å². The van der Waals surface area contributed by atoms with Crippen molar-refractivity contribution in [1.82, 2.24) is 19.4 Å². The number of nitrogens with zero attached hydrogens (tertiary/aromatic N) is 3. The van der Waals surface area contributed by atoms with Crippen molar-refractivity contribution in [2.45, 2.75) is 56.5 Å². The van der Waals surface area contributed by atoms with Crippen LogP contribution in [0.3, 0.4) is 0 Å². The highest BCUT2D eigenvalue weighted by Gasteiger charge is 2.30. The number of hydrogen-bond acceptors (Lipinski definition) is 5. The smallest absolute Gasteiger partial charge is 0.246 e. The number of pyridine rings is 1. The molecule has 3 aliphatic rings. The molecule has 0 unspecified atom stereocenters. The van der Waals surface area contributed by atoms with Gasteiger partial charge in [-0.3, -0.25) is 0 Å². The second-order valence-electron chi connectivity index (χ2n) is 6.92. The summed E-state index contributed by atoms with van der Waals surface area (Å²) in [6.07, 6.45) is 7.28. The minimum atomic E-state index is -3.61. The van der Waals surface area contributed by atoms with Crippen LogP contribution in [0.1, 0.15) is 43.2 Å². The Labute approximate surface area is 152 Å². The summed E-state index contributed by atoms with van der Waals surface area (Å²) in [5, 5.41) is 3.75. The molecule has 0 saturated heterocycles. The number of hydrogen-bond donors (Lipinski definition) is 1. The Morgan fingerprint density at radius 1 is 1.19 bits per heavy atom. The van der Waals surface area contributed by atoms with E-state index < -0.39 is 10.0 Å². The van der Waals surface area contributed by atoms with Crippen molar-refractivity contribution in [1.29, 1.82) is 0 Å². The molecule has 8 heteroatoms. The Morgan fingerprint density at radius 3 is 2.65 bits per heavy atom. The first-order chi connectivity index (χ1) is 12.5. The van der Waals surface area contributed by atoms with E-state index in [0.29, 0.717) is 17.5 Å². The first kappa shape index (κ1) is 17.2. The molecule has 1 aromatic heterocycles. The maximum atomic E-state index is 12.7. The summed E-state index contributed by atoms with van der Waals surface area (Å²) in [4.78, 5) is 4.63. The molecular formula is C18H22N4O3S. The van der Waals surface area contributed by atoms with Crippen molar-refractivity contribution in [2.75, 3.05) is 0 Å². The molecule has 1 aliphatic carbocycles. The van der Waals surface area contributed by atoms with Crippen molar-refractivity contribution in [3.8, 4) is 11.4 Å². The quantitative estimate of drug-likeness (QED) is 0.758. The van der Waals surface area contributed by atoms with Gasteiger partial charge in [-0.2, -0.15) is 0 Å². The van der Waals surface area contributed by atoms with Crippen molar-refractivity contribution < 1.29 is 12.9 Å². The highest BCUT2D eigenvalue weighted by molar-refractivity contribution is 7.89. The van der Waals surface area contributed by atoms with Gasteiger partial charge in [0.25, 0.3) is 0 Å². The van der Waals surface area contributed by atoms with E-state index in [4.69, 9.17) is 4.52 Å². The zero-order valence-corrected chi connectivity index (χ0v) is 15.7. The Bertz CT molecular complexity index is 964. The van der Waals surface area contributed by atoms with Gasteiger partial charge in [-0.25, -0.2) is 18.1 Å². The normalized spacial score (nSPS) is 21.3. The number of nitrogens with one attached hydrogen (secondary N) is 1. The monoisotopic (exact) mass is 374 g/mol. The lowest BCUT2D eigenvalue weighted by Crippen LogP contribution is -2.38. The van der Waals surface area contributed by atoms with Gasteiger partial charge in [0.1, 0.15) is 16.4 Å². The number of fused-ring (bicyclic) bond motifs is 1. The van der Waals surface area contributed by atoms with Crippen molar-refractivity contribution in [2.24, 2.45) is 0 Å². The fraction of sp³-hybridized carbons (Fsp3) is 0.444. The summed E-state index contributed by atoms with van der Waals surface area (Å²) < 4.78 is 35.4. The topological polar surface area (TPSA) is 90.0 Å². The maximum Gasteiger partial charge on any atom is 0.246 e. The van der Waals surface area contributed by atoms with E-state index in [1.807, 2.05) is 18.3 Å². The summed E-state index contributed by atoms with van der Waals surface area (Å²) in [6.45, 7) is 3.27. The van der Waals surface area contributed by atoms with Gasteiger partial charge < -0.3 is 9.09 Å². The molecule has 0 atom stereocenters. The van der Waals surface area contributed by atoms with Gasteiger partial charge >= 0.3 is 0 Å². The predicted octanol–water partition coefficient (Wildman–Crippen LogP) is 3.05. The summed E-state index contributed by atoms with van der Waals surface area (Å²) >= 11 is 0. The molecule has 0 bridgehead atoms. The summed E-state index contributed by atoms with van der Waals surface area (Å²) in [5.41, 5.74) is 1.53. The average molecular weight is 374 g/mol. The molecule has 1 fully saturated rings. The number of rotatable bonds is 4. The van der Waals surface area contributed by atoms with E-state index in [1.54, 1.807) is 13.8 Å². The van der Waals surface area contributed by atoms with Crippen LogP contribution >= 0.6 is 0 Å². The van der Waals surface area contributed by atoms with E-state index >= 15 is 0 Å². The van der Waals surface area contributed by atoms with E-state index in [9.17, 15) is 8.42 Å². The molecular weight excluding hydrogens is 352 g/mol. The van der Waals surface area contributed by atoms with Crippen LogP contribution in [0.5, 0.6) is 0 Å². The van der Waals surface area contributed by atoms with Crippen LogP contribution in [-0.2, 0) is 10.0 Å². The highest BCUT2D eigenvalue weighted by atomic mass is 32.2. The molecule has 7 nitrogen and oxygen atoms in total. The van der Waals surface area contributed by atoms with Crippen LogP contribution in [-0.4, -0.2) is 29.2 Å². The fourth-order valence-electron chi connectivity index (χ4n) is 3.90. The van der Waals surface area contributed by atoms with Gasteiger partial charge in [0.05, 0.1) is 0 Å². The molecule has 0 radical (unpaired) electrons. The maximum absolute atomic E-state index is 12.7. The number of aromatic nitrogens is 3. The average Bonchev–Trinajstić information content (AvgIpc) is 3.21. The molecule has 4 rings (SSSR count). The van der Waals surface area contributed by atoms with Gasteiger partial charge in [0.2, 0.25) is 10.0 Å². The Kier molecular flexibility index (Phi) is 4.32. The fourth-order valence-corrected chi connectivity index (χ4v) is 5.53. The van der Waals surface area contributed by atoms with Gasteiger partial charge in [-0.05, 0) is 57.7 Å². The molecule has 26 heavy (non-hydrogen) atoms. The third-order valence-corrected chi connectivity index (χ3v) is 6.89. The van der Waals surface area contributed by atoms with E-state index in [0.717, 1.165) is 37.1 Å². The van der Waals surface area contributed by atoms with E-state index in [-0.39, 0.29) is 10.9 Å². The third-order valence-electron chi connectivity index (χ3n) is 5.12. The van der Waals surface area contributed by atoms with Gasteiger partial charge in [0, 0.05) is 30.0 Å². The standard InChI is InChI=1S/C18H22N4O3S/c1-12-17(13(2)25-20-12)26(23,24)21-15-5-7-16(8-6-15)22-11-3-4-14-9-10-19-18(14)22/h3-4,9-11,15-16,21H,5-8H2,1-2H3. The lowest BCUT2D eigenvalue weighted by Gasteiger charge is -2.31. The van der Waals surface area contributed by atoms with Crippen molar-refractivity contribution in [3.63, 3.8) is 0 Å². The van der Waals surface area contributed by atoms with E-state index in [1.165, 1.54) is 0 Å². The molecule has 0 aromatic carbocycles. The summed E-state index contributed by atoms with van der Waals surface area (Å²) in [5.74, 6) is 1.32. The largest absolute Gasteiger partial charge is 0.360 e. The summed E-state index contributed by atoms with van der Waals surface area (Å²) in [7, 11) is -3.61. The first-order valence-corrected chi connectivity index (χ1v) is 10.3. The van der Waals surface area contributed by atoms with Gasteiger partial charge in [-0.15, -0.1) is 0 Å². The van der Waals surface area contributed by atoms with Crippen LogP contribution < -0.4 is 4.72 Å². The Balaban J connectivity index is 1.45. The van der Waals surface area contributed by atoms with Crippen molar-refractivity contribution >= 4 is 10.0 Å². The summed E-state index contributed by atoms with van der Waals surface area (Å²) in [6, 6.07) is 6.37. The second-order valence-corrected chi connectivity index (χ2v) is 8.57. The van der Waals surface area contributed by atoms with Crippen LogP contribution in [0, 0.1) is 13.8 Å². The van der Waals surface area contributed by atoms with E-state index in [2.05, 4.69) is 31.7 Å². The van der Waals surface area contributed by atoms with Gasteiger partial charge in [-0.1, -0.05) is 5.16 Å². The first-order valence-electron chi connectivity index (χ1n) is 8.82. The SMILES string of the molecule is Cc1noc(C)c1S(=O)(=O)NC1CCC(n2cccc3ccnc2-3)CC1. The van der Waals surface area contributed by atoms with Crippen LogP contribution in [0.2, 0.25) is 0 Å². The molecule has 2 aliphatic heterocycles. The Morgan fingerprint density at radius 2 is 1.96 bits per heavy atom. The lowest BCUT2D eigenvalue weighted by molar-refractivity contribution is 0.311. The van der Waals surface area contributed by atoms with Crippen LogP contribution in [0.4, 0.5) is 0 Å². The highest BCUT2D eigenvalue weighted by Crippen LogP contribution is 2.33. The molecule has 0 amide bonds. The van der Waals surface area contributed by atoms with Crippen LogP contribution in [0.25, 0.3) is 11.4 Å². The molecule has 1 saturated carbocycles. The minimum absolute atomic E-state index is 0.0719. The Hall–Kier alpha value is -2.19. The zero-order valence-electron chi connectivity index (χ0n) is 14.8. The second kappa shape index (κ2) is 6.51. The van der Waals surface area contributed by atoms with Gasteiger partial charge in [0.15, 0.2) is 5.76 Å². The molecule has 1 N–H and O–H groups in total. The zero-order chi connectivity index (χ0) is 18.3. The molecule has 0 spiro atoms. The molecule has 3 heterocycles. The number of sulfonamides is 1. The van der Waals surface area contributed by atoms with Crippen LogP contribution in [0.15, 0.2) is 40.0 Å². The third kappa shape index (κ3) is 3.03. The minimum Gasteiger partial charge on any atom is -0.360 e. The molecule has 138 valence electrons. The number of aryl methyl sites for hydroxylation is 2.